The third kappa shape index (κ3) is 3.03. The highest BCUT2D eigenvalue weighted by atomic mass is 32.2. The van der Waals surface area contributed by atoms with Gasteiger partial charge >= 0.3 is 5.97 Å². The predicted molar refractivity (Wildman–Crippen MR) is 52.6 cm³/mol. The Morgan fingerprint density at radius 2 is 2.27 bits per heavy atom. The molecule has 0 fully saturated rings. The van der Waals surface area contributed by atoms with E-state index in [0.29, 0.717) is 5.56 Å². The number of aromatic carboxylic acids is 1. The predicted octanol–water partition coefficient (Wildman–Crippen LogP) is 0.772. The van der Waals surface area contributed by atoms with E-state index in [-0.39, 0.29) is 17.1 Å². The molecule has 0 saturated heterocycles. The van der Waals surface area contributed by atoms with E-state index in [1.807, 2.05) is 0 Å². The highest BCUT2D eigenvalue weighted by Gasteiger charge is 2.08. The minimum absolute atomic E-state index is 0.0623. The van der Waals surface area contributed by atoms with E-state index in [1.54, 1.807) is 0 Å². The summed E-state index contributed by atoms with van der Waals surface area (Å²) in [5.74, 6) is -1.01. The summed E-state index contributed by atoms with van der Waals surface area (Å²) in [6.45, 7) is 0. The van der Waals surface area contributed by atoms with Gasteiger partial charge in [0.05, 0.1) is 12.7 Å². The average Bonchev–Trinajstić information content (AvgIpc) is 2.17. The Balaban J connectivity index is 3.08. The van der Waals surface area contributed by atoms with Crippen LogP contribution in [0.3, 0.4) is 0 Å². The number of carboxylic acid groups (broad SMARTS) is 1. The van der Waals surface area contributed by atoms with Gasteiger partial charge in [-0.1, -0.05) is 17.1 Å². The molecule has 1 aromatic carbocycles. The first-order valence-electron chi connectivity index (χ1n) is 4.00. The van der Waals surface area contributed by atoms with Crippen molar-refractivity contribution in [3.05, 3.63) is 29.3 Å². The molecule has 1 atom stereocenters. The minimum atomic E-state index is -2.22. The fraction of sp³-hybridized carbons (Fsp3) is 0.222. The molecule has 0 bridgehead atoms. The first-order valence-corrected chi connectivity index (χ1v) is 5.25. The second kappa shape index (κ2) is 4.90. The van der Waals surface area contributed by atoms with Crippen LogP contribution in [-0.4, -0.2) is 26.9 Å². The normalized spacial score (nSPS) is 12.1. The molecule has 0 spiro atoms. The lowest BCUT2D eigenvalue weighted by atomic mass is 10.1. The molecule has 0 heterocycles. The Kier molecular flexibility index (Phi) is 3.81. The van der Waals surface area contributed by atoms with Gasteiger partial charge in [-0.3, -0.25) is 4.21 Å². The molecule has 1 unspecified atom stereocenters. The quantitative estimate of drug-likeness (QED) is 0.770. The number of carbonyl (C=O) groups is 1. The van der Waals surface area contributed by atoms with Gasteiger partial charge in [-0.2, -0.15) is 0 Å². The molecule has 0 radical (unpaired) electrons. The smallest absolute Gasteiger partial charge is 0.335 e. The molecular weight excluding hydrogens is 220 g/mol. The maximum Gasteiger partial charge on any atom is 0.335 e. The second-order valence-corrected chi connectivity index (χ2v) is 3.68. The number of rotatable bonds is 4. The van der Waals surface area contributed by atoms with Gasteiger partial charge in [0.2, 0.25) is 0 Å². The first-order chi connectivity index (χ1) is 7.04. The number of hydrogen-bond acceptors (Lipinski definition) is 4. The molecule has 0 aromatic heterocycles. The van der Waals surface area contributed by atoms with Crippen LogP contribution in [0.2, 0.25) is 0 Å². The average molecular weight is 229 g/mol. The molecule has 1 N–H and O–H groups in total. The van der Waals surface area contributed by atoms with Crippen molar-refractivity contribution < 1.29 is 23.4 Å². The van der Waals surface area contributed by atoms with E-state index in [9.17, 15) is 13.6 Å². The summed E-state index contributed by atoms with van der Waals surface area (Å²) in [7, 11) is 1.36. The number of methoxy groups -OCH3 is 1. The van der Waals surface area contributed by atoms with Gasteiger partial charge in [0.1, 0.15) is 5.75 Å². The van der Waals surface area contributed by atoms with Crippen LogP contribution in [0, 0.1) is 0 Å². The minimum Gasteiger partial charge on any atom is -0.772 e. The van der Waals surface area contributed by atoms with Gasteiger partial charge < -0.3 is 14.4 Å². The highest BCUT2D eigenvalue weighted by Crippen LogP contribution is 2.21. The van der Waals surface area contributed by atoms with Crippen LogP contribution in [0.25, 0.3) is 0 Å². The summed E-state index contributed by atoms with van der Waals surface area (Å²) in [4.78, 5) is 10.6. The second-order valence-electron chi connectivity index (χ2n) is 2.78. The molecule has 82 valence electrons. The monoisotopic (exact) mass is 229 g/mol. The Morgan fingerprint density at radius 3 is 2.73 bits per heavy atom. The topological polar surface area (TPSA) is 86.7 Å². The molecule has 0 saturated carbocycles. The van der Waals surface area contributed by atoms with Gasteiger partial charge in [0.25, 0.3) is 0 Å². The van der Waals surface area contributed by atoms with E-state index in [4.69, 9.17) is 9.84 Å². The van der Waals surface area contributed by atoms with Gasteiger partial charge in [-0.05, 0) is 12.1 Å². The van der Waals surface area contributed by atoms with Crippen molar-refractivity contribution in [3.8, 4) is 5.75 Å². The van der Waals surface area contributed by atoms with E-state index >= 15 is 0 Å². The van der Waals surface area contributed by atoms with E-state index in [2.05, 4.69) is 0 Å². The van der Waals surface area contributed by atoms with Crippen LogP contribution >= 0.6 is 0 Å². The molecule has 1 aromatic rings. The fourth-order valence-corrected chi connectivity index (χ4v) is 1.62. The number of hydrogen-bond donors (Lipinski definition) is 1. The molecule has 0 aliphatic heterocycles. The third-order valence-corrected chi connectivity index (χ3v) is 2.35. The van der Waals surface area contributed by atoms with Gasteiger partial charge in [-0.15, -0.1) is 0 Å². The summed E-state index contributed by atoms with van der Waals surface area (Å²) in [6, 6.07) is 4.07. The van der Waals surface area contributed by atoms with E-state index in [0.717, 1.165) is 0 Å². The van der Waals surface area contributed by atoms with Crippen molar-refractivity contribution in [2.24, 2.45) is 0 Å². The molecular formula is C9H9O5S-. The number of ether oxygens (including phenoxy) is 1. The molecule has 6 heteroatoms. The van der Waals surface area contributed by atoms with Crippen molar-refractivity contribution in [3.63, 3.8) is 0 Å². The van der Waals surface area contributed by atoms with Crippen molar-refractivity contribution in [2.75, 3.05) is 7.11 Å². The largest absolute Gasteiger partial charge is 0.772 e. The Morgan fingerprint density at radius 1 is 1.60 bits per heavy atom. The maximum atomic E-state index is 10.6. The van der Waals surface area contributed by atoms with Crippen LogP contribution in [-0.2, 0) is 16.8 Å². The van der Waals surface area contributed by atoms with E-state index < -0.39 is 17.0 Å². The van der Waals surface area contributed by atoms with Gasteiger partial charge in [0.15, 0.2) is 0 Å². The SMILES string of the molecule is COc1cc(C(=O)O)ccc1CS(=O)[O-]. The summed E-state index contributed by atoms with van der Waals surface area (Å²) in [5.41, 5.74) is 0.503. The standard InChI is InChI=1S/C9H10O5S/c1-14-8-4-6(9(10)11)2-3-7(8)5-15(12)13/h2-4H,5H2,1H3,(H,10,11)(H,12,13)/p-1. The summed E-state index contributed by atoms with van der Waals surface area (Å²) in [6.07, 6.45) is 0. The van der Waals surface area contributed by atoms with E-state index in [1.165, 1.54) is 25.3 Å². The van der Waals surface area contributed by atoms with Gasteiger partial charge in [0, 0.05) is 11.3 Å². The summed E-state index contributed by atoms with van der Waals surface area (Å²) < 4.78 is 25.9. The number of benzene rings is 1. The van der Waals surface area contributed by atoms with Gasteiger partial charge in [-0.25, -0.2) is 4.79 Å². The Bertz CT molecular complexity index is 401. The molecule has 0 aliphatic rings. The van der Waals surface area contributed by atoms with Crippen LogP contribution < -0.4 is 4.74 Å². The first kappa shape index (κ1) is 11.7. The lowest BCUT2D eigenvalue weighted by Crippen LogP contribution is -2.01. The van der Waals surface area contributed by atoms with Crippen molar-refractivity contribution >= 4 is 17.0 Å². The van der Waals surface area contributed by atoms with Crippen molar-refractivity contribution in [1.29, 1.82) is 0 Å². The van der Waals surface area contributed by atoms with Crippen molar-refractivity contribution in [1.82, 2.24) is 0 Å². The van der Waals surface area contributed by atoms with Crippen LogP contribution in [0.4, 0.5) is 0 Å². The van der Waals surface area contributed by atoms with Crippen LogP contribution in [0.15, 0.2) is 18.2 Å². The van der Waals surface area contributed by atoms with Crippen LogP contribution in [0.5, 0.6) is 5.75 Å². The van der Waals surface area contributed by atoms with Crippen molar-refractivity contribution in [2.45, 2.75) is 5.75 Å². The zero-order valence-electron chi connectivity index (χ0n) is 7.93. The fourth-order valence-electron chi connectivity index (χ4n) is 1.12. The lowest BCUT2D eigenvalue weighted by Gasteiger charge is -2.10. The molecule has 1 rings (SSSR count). The Hall–Kier alpha value is -1.40. The maximum absolute atomic E-state index is 10.6. The lowest BCUT2D eigenvalue weighted by molar-refractivity contribution is 0.0696. The zero-order chi connectivity index (χ0) is 11.4. The number of carboxylic acids is 1. The third-order valence-electron chi connectivity index (χ3n) is 1.81. The molecule has 15 heavy (non-hydrogen) atoms. The zero-order valence-corrected chi connectivity index (χ0v) is 8.74. The summed E-state index contributed by atoms with van der Waals surface area (Å²) >= 11 is -2.22. The van der Waals surface area contributed by atoms with Crippen LogP contribution in [0.1, 0.15) is 15.9 Å². The highest BCUT2D eigenvalue weighted by molar-refractivity contribution is 7.78. The molecule has 0 amide bonds. The Labute approximate surface area is 89.0 Å². The summed E-state index contributed by atoms with van der Waals surface area (Å²) in [5, 5.41) is 8.70. The molecule has 5 nitrogen and oxygen atoms in total. The molecule has 0 aliphatic carbocycles.